The molecule has 1 aromatic rings. The molecule has 1 aromatic heterocycles. The number of nitrogens with zero attached hydrogens (tertiary/aromatic N) is 3. The Bertz CT molecular complexity index is 379. The molecule has 0 fully saturated rings. The Kier molecular flexibility index (Phi) is 4.92. The number of nitriles is 1. The summed E-state index contributed by atoms with van der Waals surface area (Å²) in [5.74, 6) is 0.914. The van der Waals surface area contributed by atoms with Gasteiger partial charge in [0.25, 0.3) is 0 Å². The lowest BCUT2D eigenvalue weighted by atomic mass is 10.1. The number of pyridine rings is 1. The molecule has 0 aromatic carbocycles. The van der Waals surface area contributed by atoms with Crippen LogP contribution in [0.4, 0.5) is 5.82 Å². The van der Waals surface area contributed by atoms with Gasteiger partial charge >= 0.3 is 0 Å². The Morgan fingerprint density at radius 1 is 1.47 bits per heavy atom. The average molecular weight is 232 g/mol. The van der Waals surface area contributed by atoms with E-state index < -0.39 is 0 Å². The van der Waals surface area contributed by atoms with E-state index in [-0.39, 0.29) is 5.92 Å². The van der Waals surface area contributed by atoms with E-state index in [2.05, 4.69) is 29.4 Å². The van der Waals surface area contributed by atoms with Crippen LogP contribution in [0.1, 0.15) is 25.5 Å². The summed E-state index contributed by atoms with van der Waals surface area (Å²) >= 11 is 0. The molecule has 92 valence electrons. The first-order valence-electron chi connectivity index (χ1n) is 5.82. The van der Waals surface area contributed by atoms with Crippen molar-refractivity contribution in [3.8, 4) is 6.07 Å². The van der Waals surface area contributed by atoms with Gasteiger partial charge in [-0.25, -0.2) is 4.98 Å². The maximum absolute atomic E-state index is 8.77. The highest BCUT2D eigenvalue weighted by Crippen LogP contribution is 2.15. The quantitative estimate of drug-likeness (QED) is 0.843. The average Bonchev–Trinajstić information content (AvgIpc) is 2.37. The maximum Gasteiger partial charge on any atom is 0.128 e. The minimum Gasteiger partial charge on any atom is -0.358 e. The van der Waals surface area contributed by atoms with E-state index in [9.17, 15) is 0 Å². The maximum atomic E-state index is 8.77. The first-order chi connectivity index (χ1) is 8.08. The van der Waals surface area contributed by atoms with Crippen molar-refractivity contribution in [1.82, 2.24) is 10.3 Å². The lowest BCUT2D eigenvalue weighted by Gasteiger charge is -2.20. The van der Waals surface area contributed by atoms with E-state index in [1.54, 1.807) is 0 Å². The molecule has 0 aliphatic heterocycles. The van der Waals surface area contributed by atoms with Crippen LogP contribution in [0, 0.1) is 17.2 Å². The zero-order valence-corrected chi connectivity index (χ0v) is 10.9. The van der Waals surface area contributed by atoms with Crippen molar-refractivity contribution in [3.63, 3.8) is 0 Å². The summed E-state index contributed by atoms with van der Waals surface area (Å²) in [5.41, 5.74) is 1.16. The van der Waals surface area contributed by atoms with E-state index in [0.29, 0.717) is 12.6 Å². The molecule has 0 saturated carbocycles. The van der Waals surface area contributed by atoms with Crippen LogP contribution in [0.3, 0.4) is 0 Å². The molecule has 0 bridgehead atoms. The van der Waals surface area contributed by atoms with Gasteiger partial charge in [-0.2, -0.15) is 5.26 Å². The van der Waals surface area contributed by atoms with Crippen molar-refractivity contribution in [2.24, 2.45) is 5.92 Å². The number of hydrogen-bond acceptors (Lipinski definition) is 4. The highest BCUT2D eigenvalue weighted by Gasteiger charge is 2.08. The van der Waals surface area contributed by atoms with E-state index in [1.807, 2.05) is 38.2 Å². The molecule has 4 heteroatoms. The minimum absolute atomic E-state index is 0.0118. The molecule has 2 atom stereocenters. The molecule has 0 aliphatic rings. The van der Waals surface area contributed by atoms with Crippen LogP contribution in [0.2, 0.25) is 0 Å². The molecule has 1 N–H and O–H groups in total. The molecule has 1 heterocycles. The van der Waals surface area contributed by atoms with Gasteiger partial charge in [-0.05, 0) is 32.5 Å². The summed E-state index contributed by atoms with van der Waals surface area (Å²) in [4.78, 5) is 6.41. The number of aromatic nitrogens is 1. The standard InChI is InChI=1S/C13H20N4/c1-10(7-14)9-17(4)13-6-5-12(8-16-13)11(2)15-3/h5-6,8,10-11,15H,9H2,1-4H3. The summed E-state index contributed by atoms with van der Waals surface area (Å²) in [5, 5.41) is 11.9. The third-order valence-corrected chi connectivity index (χ3v) is 2.86. The van der Waals surface area contributed by atoms with Crippen LogP contribution in [0.5, 0.6) is 0 Å². The van der Waals surface area contributed by atoms with Crippen molar-refractivity contribution in [2.75, 3.05) is 25.5 Å². The van der Waals surface area contributed by atoms with Gasteiger partial charge in [-0.15, -0.1) is 0 Å². The molecule has 0 saturated heterocycles. The Balaban J connectivity index is 2.71. The van der Waals surface area contributed by atoms with E-state index in [0.717, 1.165) is 11.4 Å². The predicted molar refractivity (Wildman–Crippen MR) is 69.8 cm³/mol. The van der Waals surface area contributed by atoms with Crippen LogP contribution in [-0.2, 0) is 0 Å². The molecule has 0 radical (unpaired) electrons. The number of hydrogen-bond donors (Lipinski definition) is 1. The monoisotopic (exact) mass is 232 g/mol. The third kappa shape index (κ3) is 3.72. The van der Waals surface area contributed by atoms with Gasteiger partial charge in [0.1, 0.15) is 5.82 Å². The van der Waals surface area contributed by atoms with Gasteiger partial charge in [0.2, 0.25) is 0 Å². The van der Waals surface area contributed by atoms with Gasteiger partial charge in [0, 0.05) is 25.8 Å². The Morgan fingerprint density at radius 3 is 2.65 bits per heavy atom. The molecular formula is C13H20N4. The summed E-state index contributed by atoms with van der Waals surface area (Å²) in [7, 11) is 3.89. The Morgan fingerprint density at radius 2 is 2.18 bits per heavy atom. The summed E-state index contributed by atoms with van der Waals surface area (Å²) in [6, 6.07) is 6.59. The molecule has 2 unspecified atom stereocenters. The molecule has 17 heavy (non-hydrogen) atoms. The van der Waals surface area contributed by atoms with Crippen molar-refractivity contribution < 1.29 is 0 Å². The largest absolute Gasteiger partial charge is 0.358 e. The van der Waals surface area contributed by atoms with Gasteiger partial charge in [0.05, 0.1) is 12.0 Å². The topological polar surface area (TPSA) is 52.0 Å². The van der Waals surface area contributed by atoms with Crippen molar-refractivity contribution in [2.45, 2.75) is 19.9 Å². The zero-order chi connectivity index (χ0) is 12.8. The summed E-state index contributed by atoms with van der Waals surface area (Å²) < 4.78 is 0. The Hall–Kier alpha value is -1.60. The highest BCUT2D eigenvalue weighted by atomic mass is 15.2. The first-order valence-corrected chi connectivity index (χ1v) is 5.82. The van der Waals surface area contributed by atoms with Crippen LogP contribution in [0.15, 0.2) is 18.3 Å². The zero-order valence-electron chi connectivity index (χ0n) is 10.9. The smallest absolute Gasteiger partial charge is 0.128 e. The second-order valence-electron chi connectivity index (χ2n) is 4.37. The predicted octanol–water partition coefficient (Wildman–Crippen LogP) is 1.96. The van der Waals surface area contributed by atoms with Crippen molar-refractivity contribution in [1.29, 1.82) is 5.26 Å². The lowest BCUT2D eigenvalue weighted by molar-refractivity contribution is 0.648. The van der Waals surface area contributed by atoms with Crippen LogP contribution in [0.25, 0.3) is 0 Å². The van der Waals surface area contributed by atoms with Gasteiger partial charge in [0.15, 0.2) is 0 Å². The number of nitrogens with one attached hydrogen (secondary N) is 1. The van der Waals surface area contributed by atoms with E-state index in [1.165, 1.54) is 0 Å². The first kappa shape index (κ1) is 13.5. The van der Waals surface area contributed by atoms with Crippen molar-refractivity contribution in [3.05, 3.63) is 23.9 Å². The number of anilines is 1. The Labute approximate surface area is 103 Å². The minimum atomic E-state index is 0.0118. The molecule has 1 rings (SSSR count). The molecule has 0 spiro atoms. The normalized spacial score (nSPS) is 13.8. The fourth-order valence-electron chi connectivity index (χ4n) is 1.59. The lowest BCUT2D eigenvalue weighted by Crippen LogP contribution is -2.24. The van der Waals surface area contributed by atoms with Crippen LogP contribution in [-0.4, -0.2) is 25.6 Å². The fraction of sp³-hybridized carbons (Fsp3) is 0.538. The van der Waals surface area contributed by atoms with E-state index >= 15 is 0 Å². The molecule has 4 nitrogen and oxygen atoms in total. The number of rotatable bonds is 5. The van der Waals surface area contributed by atoms with Gasteiger partial charge in [-0.1, -0.05) is 6.07 Å². The van der Waals surface area contributed by atoms with Gasteiger partial charge < -0.3 is 10.2 Å². The fourth-order valence-corrected chi connectivity index (χ4v) is 1.59. The van der Waals surface area contributed by atoms with E-state index in [4.69, 9.17) is 5.26 Å². The SMILES string of the molecule is CNC(C)c1ccc(N(C)CC(C)C#N)nc1. The molecule has 0 amide bonds. The third-order valence-electron chi connectivity index (χ3n) is 2.86. The summed E-state index contributed by atoms with van der Waals surface area (Å²) in [6.45, 7) is 4.70. The highest BCUT2D eigenvalue weighted by molar-refractivity contribution is 5.39. The second kappa shape index (κ2) is 6.21. The molecule has 0 aliphatic carbocycles. The van der Waals surface area contributed by atoms with Crippen LogP contribution >= 0.6 is 0 Å². The van der Waals surface area contributed by atoms with Crippen molar-refractivity contribution >= 4 is 5.82 Å². The second-order valence-corrected chi connectivity index (χ2v) is 4.37. The van der Waals surface area contributed by atoms with Crippen LogP contribution < -0.4 is 10.2 Å². The molecular weight excluding hydrogens is 212 g/mol. The van der Waals surface area contributed by atoms with Gasteiger partial charge in [-0.3, -0.25) is 0 Å². The summed E-state index contributed by atoms with van der Waals surface area (Å²) in [6.07, 6.45) is 1.88.